The van der Waals surface area contributed by atoms with E-state index in [0.717, 1.165) is 5.69 Å². The van der Waals surface area contributed by atoms with Crippen molar-refractivity contribution >= 4 is 17.3 Å². The van der Waals surface area contributed by atoms with Crippen LogP contribution >= 0.6 is 0 Å². The van der Waals surface area contributed by atoms with Gasteiger partial charge in [-0.05, 0) is 25.1 Å². The van der Waals surface area contributed by atoms with Gasteiger partial charge in [-0.15, -0.1) is 0 Å². The molecule has 0 aliphatic rings. The number of para-hydroxylation sites is 1. The first-order valence-corrected chi connectivity index (χ1v) is 6.11. The molecule has 6 nitrogen and oxygen atoms in total. The van der Waals surface area contributed by atoms with Crippen LogP contribution in [-0.4, -0.2) is 23.0 Å². The third kappa shape index (κ3) is 3.03. The van der Waals surface area contributed by atoms with E-state index in [1.807, 2.05) is 13.0 Å². The topological polar surface area (TPSA) is 90.1 Å². The first-order chi connectivity index (χ1) is 9.61. The summed E-state index contributed by atoms with van der Waals surface area (Å²) in [5.74, 6) is 0.254. The molecule has 6 heteroatoms. The zero-order valence-electron chi connectivity index (χ0n) is 11.4. The lowest BCUT2D eigenvalue weighted by atomic mass is 10.1. The number of nitrogens with zero attached hydrogens (tertiary/aromatic N) is 2. The van der Waals surface area contributed by atoms with Gasteiger partial charge in [0.25, 0.3) is 0 Å². The van der Waals surface area contributed by atoms with Crippen LogP contribution in [0.1, 0.15) is 21.9 Å². The van der Waals surface area contributed by atoms with E-state index in [9.17, 15) is 4.79 Å². The zero-order chi connectivity index (χ0) is 14.5. The van der Waals surface area contributed by atoms with E-state index in [1.54, 1.807) is 24.4 Å². The van der Waals surface area contributed by atoms with Crippen LogP contribution in [0.2, 0.25) is 0 Å². The van der Waals surface area contributed by atoms with Gasteiger partial charge in [0.1, 0.15) is 5.82 Å². The molecule has 104 valence electrons. The fraction of sp³-hybridized carbons (Fsp3) is 0.214. The summed E-state index contributed by atoms with van der Waals surface area (Å²) in [6, 6.07) is 6.99. The fourth-order valence-electron chi connectivity index (χ4n) is 1.80. The number of methoxy groups -OCH3 is 1. The van der Waals surface area contributed by atoms with Crippen molar-refractivity contribution in [2.75, 3.05) is 18.2 Å². The van der Waals surface area contributed by atoms with E-state index in [1.165, 1.54) is 7.11 Å². The summed E-state index contributed by atoms with van der Waals surface area (Å²) >= 11 is 0. The standard InChI is InChI=1S/C14H16N4O2/c1-9-16-7-6-10(18-9)8-17-12-5-3-4-11(13(12)15)14(19)20-2/h3-7,17H,8,15H2,1-2H3. The third-order valence-electron chi connectivity index (χ3n) is 2.81. The molecule has 20 heavy (non-hydrogen) atoms. The van der Waals surface area contributed by atoms with Gasteiger partial charge in [0.2, 0.25) is 0 Å². The normalized spacial score (nSPS) is 10.1. The number of ether oxygens (including phenoxy) is 1. The van der Waals surface area contributed by atoms with Crippen molar-refractivity contribution in [3.8, 4) is 0 Å². The number of carbonyl (C=O) groups excluding carboxylic acids is 1. The van der Waals surface area contributed by atoms with Crippen LogP contribution in [0.15, 0.2) is 30.5 Å². The molecule has 2 rings (SSSR count). The lowest BCUT2D eigenvalue weighted by Gasteiger charge is -2.11. The summed E-state index contributed by atoms with van der Waals surface area (Å²) in [5, 5.41) is 3.15. The van der Waals surface area contributed by atoms with E-state index in [-0.39, 0.29) is 0 Å². The van der Waals surface area contributed by atoms with Crippen LogP contribution in [-0.2, 0) is 11.3 Å². The van der Waals surface area contributed by atoms with Gasteiger partial charge in [-0.1, -0.05) is 6.07 Å². The van der Waals surface area contributed by atoms with Gasteiger partial charge in [0.15, 0.2) is 0 Å². The summed E-state index contributed by atoms with van der Waals surface area (Å²) in [5.41, 5.74) is 8.19. The quantitative estimate of drug-likeness (QED) is 0.651. The van der Waals surface area contributed by atoms with Crippen LogP contribution < -0.4 is 11.1 Å². The molecule has 0 atom stereocenters. The number of hydrogen-bond acceptors (Lipinski definition) is 6. The van der Waals surface area contributed by atoms with Gasteiger partial charge in [-0.3, -0.25) is 0 Å². The zero-order valence-corrected chi connectivity index (χ0v) is 11.4. The number of hydrogen-bond donors (Lipinski definition) is 2. The molecule has 1 aromatic heterocycles. The highest BCUT2D eigenvalue weighted by Gasteiger charge is 2.12. The predicted molar refractivity (Wildman–Crippen MR) is 76.3 cm³/mol. The van der Waals surface area contributed by atoms with Crippen molar-refractivity contribution in [2.24, 2.45) is 0 Å². The van der Waals surface area contributed by atoms with E-state index in [4.69, 9.17) is 5.73 Å². The lowest BCUT2D eigenvalue weighted by molar-refractivity contribution is 0.0602. The molecule has 0 spiro atoms. The van der Waals surface area contributed by atoms with E-state index >= 15 is 0 Å². The Hall–Kier alpha value is -2.63. The van der Waals surface area contributed by atoms with Crippen molar-refractivity contribution in [3.63, 3.8) is 0 Å². The van der Waals surface area contributed by atoms with Crippen molar-refractivity contribution in [1.82, 2.24) is 9.97 Å². The number of rotatable bonds is 4. The second-order valence-corrected chi connectivity index (χ2v) is 4.21. The average molecular weight is 272 g/mol. The van der Waals surface area contributed by atoms with E-state index in [2.05, 4.69) is 20.0 Å². The Morgan fingerprint density at radius 2 is 2.20 bits per heavy atom. The van der Waals surface area contributed by atoms with Gasteiger partial charge in [0, 0.05) is 6.20 Å². The summed E-state index contributed by atoms with van der Waals surface area (Å²) in [7, 11) is 1.32. The molecule has 0 fully saturated rings. The molecule has 1 heterocycles. The summed E-state index contributed by atoms with van der Waals surface area (Å²) in [6.07, 6.45) is 1.70. The molecule has 0 unspecified atom stereocenters. The minimum Gasteiger partial charge on any atom is -0.465 e. The van der Waals surface area contributed by atoms with Gasteiger partial charge in [0.05, 0.1) is 36.3 Å². The van der Waals surface area contributed by atoms with Crippen LogP contribution in [0.25, 0.3) is 0 Å². The number of aromatic nitrogens is 2. The first kappa shape index (κ1) is 13.8. The molecule has 0 bridgehead atoms. The van der Waals surface area contributed by atoms with E-state index < -0.39 is 5.97 Å². The highest BCUT2D eigenvalue weighted by atomic mass is 16.5. The Balaban J connectivity index is 2.16. The van der Waals surface area contributed by atoms with Crippen molar-refractivity contribution in [1.29, 1.82) is 0 Å². The van der Waals surface area contributed by atoms with Gasteiger partial charge < -0.3 is 15.8 Å². The number of benzene rings is 1. The molecule has 0 saturated carbocycles. The summed E-state index contributed by atoms with van der Waals surface area (Å²) in [6.45, 7) is 2.33. The third-order valence-corrected chi connectivity index (χ3v) is 2.81. The van der Waals surface area contributed by atoms with Crippen molar-refractivity contribution in [2.45, 2.75) is 13.5 Å². The Morgan fingerprint density at radius 1 is 1.40 bits per heavy atom. The Bertz CT molecular complexity index is 628. The lowest BCUT2D eigenvalue weighted by Crippen LogP contribution is -2.10. The minimum absolute atomic E-state index is 0.344. The number of carbonyl (C=O) groups is 1. The van der Waals surface area contributed by atoms with Crippen molar-refractivity contribution in [3.05, 3.63) is 47.5 Å². The molecular formula is C14H16N4O2. The summed E-state index contributed by atoms with van der Waals surface area (Å²) in [4.78, 5) is 19.9. The average Bonchev–Trinajstić information content (AvgIpc) is 2.45. The maximum Gasteiger partial charge on any atom is 0.340 e. The number of aryl methyl sites for hydroxylation is 1. The highest BCUT2D eigenvalue weighted by molar-refractivity contribution is 5.98. The molecule has 0 aliphatic heterocycles. The van der Waals surface area contributed by atoms with Crippen molar-refractivity contribution < 1.29 is 9.53 Å². The Morgan fingerprint density at radius 3 is 2.90 bits per heavy atom. The SMILES string of the molecule is COC(=O)c1cccc(NCc2ccnc(C)n2)c1N. The molecule has 0 saturated heterocycles. The van der Waals surface area contributed by atoms with Crippen LogP contribution in [0.3, 0.4) is 0 Å². The number of esters is 1. The maximum atomic E-state index is 11.6. The molecule has 0 amide bonds. The largest absolute Gasteiger partial charge is 0.465 e. The number of anilines is 2. The highest BCUT2D eigenvalue weighted by Crippen LogP contribution is 2.23. The minimum atomic E-state index is -0.455. The number of nitrogen functional groups attached to an aromatic ring is 1. The van der Waals surface area contributed by atoms with E-state index in [0.29, 0.717) is 29.3 Å². The number of nitrogens with one attached hydrogen (secondary N) is 1. The Labute approximate surface area is 117 Å². The molecule has 2 aromatic rings. The van der Waals surface area contributed by atoms with Crippen LogP contribution in [0, 0.1) is 6.92 Å². The molecule has 0 aliphatic carbocycles. The smallest absolute Gasteiger partial charge is 0.340 e. The number of nitrogens with two attached hydrogens (primary N) is 1. The van der Waals surface area contributed by atoms with Gasteiger partial charge in [-0.25, -0.2) is 14.8 Å². The Kier molecular flexibility index (Phi) is 4.14. The second kappa shape index (κ2) is 6.01. The van der Waals surface area contributed by atoms with Crippen LogP contribution in [0.4, 0.5) is 11.4 Å². The van der Waals surface area contributed by atoms with Gasteiger partial charge >= 0.3 is 5.97 Å². The molecule has 0 radical (unpaired) electrons. The van der Waals surface area contributed by atoms with Crippen LogP contribution in [0.5, 0.6) is 0 Å². The molecule has 1 aromatic carbocycles. The van der Waals surface area contributed by atoms with Gasteiger partial charge in [-0.2, -0.15) is 0 Å². The summed E-state index contributed by atoms with van der Waals surface area (Å²) < 4.78 is 4.68. The maximum absolute atomic E-state index is 11.6. The molecule has 3 N–H and O–H groups in total. The monoisotopic (exact) mass is 272 g/mol. The second-order valence-electron chi connectivity index (χ2n) is 4.21. The fourth-order valence-corrected chi connectivity index (χ4v) is 1.80. The first-order valence-electron chi connectivity index (χ1n) is 6.11. The molecular weight excluding hydrogens is 256 g/mol. The predicted octanol–water partition coefficient (Wildman–Crippen LogP) is 1.77.